The third-order valence-corrected chi connectivity index (χ3v) is 8.63. The minimum Gasteiger partial charge on any atom is -0.491 e. The Hall–Kier alpha value is -3.26. The first-order chi connectivity index (χ1) is 20.2. The third-order valence-electron chi connectivity index (χ3n) is 8.63. The highest BCUT2D eigenvalue weighted by molar-refractivity contribution is 5.67. The van der Waals surface area contributed by atoms with Gasteiger partial charge in [0.2, 0.25) is 5.82 Å². The van der Waals surface area contributed by atoms with Crippen LogP contribution in [-0.2, 0) is 11.3 Å². The fraction of sp³-hybridized carbons (Fsp3) is 0.412. The Bertz CT molecular complexity index is 1480. The Balaban J connectivity index is 1.18. The summed E-state index contributed by atoms with van der Waals surface area (Å²) in [6.07, 6.45) is 5.13. The van der Waals surface area contributed by atoms with Crippen molar-refractivity contribution in [3.8, 4) is 5.75 Å². The second-order valence-corrected chi connectivity index (χ2v) is 11.2. The highest BCUT2D eigenvalue weighted by Crippen LogP contribution is 2.43. The van der Waals surface area contributed by atoms with Gasteiger partial charge in [-0.25, -0.2) is 22.0 Å². The minimum absolute atomic E-state index is 0.110. The van der Waals surface area contributed by atoms with E-state index in [0.717, 1.165) is 0 Å². The van der Waals surface area contributed by atoms with Crippen LogP contribution in [0.5, 0.6) is 5.75 Å². The molecule has 2 aliphatic rings. The lowest BCUT2D eigenvalue weighted by molar-refractivity contribution is 0.0342. The van der Waals surface area contributed by atoms with E-state index < -0.39 is 34.9 Å². The molecule has 8 heteroatoms. The summed E-state index contributed by atoms with van der Waals surface area (Å²) in [5.41, 5.74) is 1.88. The lowest BCUT2D eigenvalue weighted by Gasteiger charge is -2.30. The van der Waals surface area contributed by atoms with E-state index in [1.165, 1.54) is 19.1 Å². The average molecular weight is 589 g/mol. The lowest BCUT2D eigenvalue weighted by atomic mass is 9.75. The summed E-state index contributed by atoms with van der Waals surface area (Å²) in [4.78, 5) is 0. The first-order valence-corrected chi connectivity index (χ1v) is 14.5. The second-order valence-electron chi connectivity index (χ2n) is 11.2. The molecule has 224 valence electrons. The largest absolute Gasteiger partial charge is 0.491 e. The van der Waals surface area contributed by atoms with Crippen molar-refractivity contribution in [2.45, 2.75) is 83.3 Å². The molecular formula is C34H34F6O2. The smallest absolute Gasteiger partial charge is 0.200 e. The number of allylic oxidation sites excluding steroid dienone is 1. The second kappa shape index (κ2) is 12.9. The van der Waals surface area contributed by atoms with Crippen LogP contribution in [0.15, 0.2) is 42.5 Å². The standard InChI is InChI=1S/C34H34F6O2/c1-3-41-28-17-16-27(33(39)34(28)40)21-7-5-20(6-8-21)26-15-11-23(30(36)32(26)38)18-42-24-12-9-22(10-13-24)25-14-4-19(2)29(35)31(25)37/h4,9,11,14-17,20-21,24H,3,5-8,10,12-13,18H2,1-2H3. The fourth-order valence-corrected chi connectivity index (χ4v) is 6.18. The molecule has 0 spiro atoms. The number of ether oxygens (including phenoxy) is 2. The zero-order valence-electron chi connectivity index (χ0n) is 23.7. The molecule has 2 aliphatic carbocycles. The van der Waals surface area contributed by atoms with Crippen LogP contribution in [0.4, 0.5) is 26.3 Å². The molecule has 1 saturated carbocycles. The van der Waals surface area contributed by atoms with E-state index >= 15 is 8.78 Å². The van der Waals surface area contributed by atoms with Gasteiger partial charge in [0.15, 0.2) is 34.8 Å². The van der Waals surface area contributed by atoms with Gasteiger partial charge in [-0.05, 0) is 99.0 Å². The Morgan fingerprint density at radius 1 is 0.690 bits per heavy atom. The number of benzene rings is 3. The van der Waals surface area contributed by atoms with Gasteiger partial charge in [-0.15, -0.1) is 0 Å². The van der Waals surface area contributed by atoms with E-state index in [1.807, 2.05) is 6.08 Å². The van der Waals surface area contributed by atoms with E-state index in [4.69, 9.17) is 9.47 Å². The molecular weight excluding hydrogens is 554 g/mol. The van der Waals surface area contributed by atoms with Crippen LogP contribution in [0.1, 0.15) is 91.5 Å². The monoisotopic (exact) mass is 588 g/mol. The first-order valence-electron chi connectivity index (χ1n) is 14.5. The molecule has 0 bridgehead atoms. The highest BCUT2D eigenvalue weighted by Gasteiger charge is 2.30. The Kier molecular flexibility index (Phi) is 9.31. The molecule has 1 unspecified atom stereocenters. The van der Waals surface area contributed by atoms with E-state index in [-0.39, 0.29) is 64.7 Å². The molecule has 0 radical (unpaired) electrons. The molecule has 0 aromatic heterocycles. The summed E-state index contributed by atoms with van der Waals surface area (Å²) in [6, 6.07) is 9.24. The minimum atomic E-state index is -0.998. The van der Waals surface area contributed by atoms with Crippen LogP contribution in [-0.4, -0.2) is 12.7 Å². The normalized spacial score (nSPS) is 20.9. The zero-order valence-corrected chi connectivity index (χ0v) is 23.7. The molecule has 5 rings (SSSR count). The zero-order chi connectivity index (χ0) is 30.0. The molecule has 1 fully saturated rings. The highest BCUT2D eigenvalue weighted by atomic mass is 19.2. The van der Waals surface area contributed by atoms with Crippen LogP contribution in [0.3, 0.4) is 0 Å². The average Bonchev–Trinajstić information content (AvgIpc) is 3.00. The molecule has 0 saturated heterocycles. The molecule has 0 aliphatic heterocycles. The van der Waals surface area contributed by atoms with E-state index in [2.05, 4.69) is 0 Å². The van der Waals surface area contributed by atoms with Crippen molar-refractivity contribution in [2.24, 2.45) is 0 Å². The molecule has 3 aromatic rings. The van der Waals surface area contributed by atoms with Crippen LogP contribution in [0, 0.1) is 41.8 Å². The first kappa shape index (κ1) is 30.2. The maximum absolute atomic E-state index is 15.2. The van der Waals surface area contributed by atoms with Gasteiger partial charge >= 0.3 is 0 Å². The maximum Gasteiger partial charge on any atom is 0.200 e. The predicted octanol–water partition coefficient (Wildman–Crippen LogP) is 9.82. The van der Waals surface area contributed by atoms with E-state index in [1.54, 1.807) is 31.2 Å². The van der Waals surface area contributed by atoms with Gasteiger partial charge in [-0.2, -0.15) is 4.39 Å². The Morgan fingerprint density at radius 3 is 1.95 bits per heavy atom. The lowest BCUT2D eigenvalue weighted by Crippen LogP contribution is -2.17. The number of hydrogen-bond donors (Lipinski definition) is 0. The van der Waals surface area contributed by atoms with Crippen molar-refractivity contribution < 1.29 is 35.8 Å². The van der Waals surface area contributed by atoms with Gasteiger partial charge in [-0.3, -0.25) is 0 Å². The van der Waals surface area contributed by atoms with Crippen LogP contribution >= 0.6 is 0 Å². The topological polar surface area (TPSA) is 18.5 Å². The maximum atomic E-state index is 15.2. The van der Waals surface area contributed by atoms with Gasteiger partial charge in [0.25, 0.3) is 0 Å². The van der Waals surface area contributed by atoms with Gasteiger partial charge in [0, 0.05) is 11.1 Å². The quantitative estimate of drug-likeness (QED) is 0.244. The van der Waals surface area contributed by atoms with Gasteiger partial charge in [0.05, 0.1) is 19.3 Å². The number of hydrogen-bond acceptors (Lipinski definition) is 2. The summed E-state index contributed by atoms with van der Waals surface area (Å²) < 4.78 is 98.6. The molecule has 0 amide bonds. The van der Waals surface area contributed by atoms with Gasteiger partial charge in [0.1, 0.15) is 0 Å². The number of aryl methyl sites for hydroxylation is 1. The van der Waals surface area contributed by atoms with Crippen molar-refractivity contribution >= 4 is 5.57 Å². The number of halogens is 6. The Labute approximate surface area is 242 Å². The molecule has 2 nitrogen and oxygen atoms in total. The van der Waals surface area contributed by atoms with Gasteiger partial charge < -0.3 is 9.47 Å². The molecule has 0 heterocycles. The van der Waals surface area contributed by atoms with Crippen molar-refractivity contribution in [1.82, 2.24) is 0 Å². The summed E-state index contributed by atoms with van der Waals surface area (Å²) in [6.45, 7) is 3.32. The number of rotatable bonds is 8. The molecule has 0 N–H and O–H groups in total. The summed E-state index contributed by atoms with van der Waals surface area (Å²) in [5.74, 6) is -6.02. The van der Waals surface area contributed by atoms with E-state index in [0.29, 0.717) is 50.5 Å². The summed E-state index contributed by atoms with van der Waals surface area (Å²) in [5, 5.41) is 0. The summed E-state index contributed by atoms with van der Waals surface area (Å²) >= 11 is 0. The van der Waals surface area contributed by atoms with Crippen LogP contribution in [0.25, 0.3) is 5.57 Å². The predicted molar refractivity (Wildman–Crippen MR) is 149 cm³/mol. The van der Waals surface area contributed by atoms with Crippen LogP contribution in [0.2, 0.25) is 0 Å². The summed E-state index contributed by atoms with van der Waals surface area (Å²) in [7, 11) is 0. The molecule has 1 atom stereocenters. The van der Waals surface area contributed by atoms with Crippen molar-refractivity contribution in [2.75, 3.05) is 6.61 Å². The van der Waals surface area contributed by atoms with Crippen LogP contribution < -0.4 is 4.74 Å². The SMILES string of the molecule is CCOc1ccc(C2CCC(c3ccc(COC4CC=C(c5ccc(C)c(F)c5F)CC4)c(F)c3F)CC2)c(F)c1F. The Morgan fingerprint density at radius 2 is 1.33 bits per heavy atom. The third kappa shape index (κ3) is 6.10. The van der Waals surface area contributed by atoms with Crippen molar-refractivity contribution in [1.29, 1.82) is 0 Å². The van der Waals surface area contributed by atoms with Crippen molar-refractivity contribution in [3.05, 3.63) is 105 Å². The van der Waals surface area contributed by atoms with Gasteiger partial charge in [-0.1, -0.05) is 36.4 Å². The fourth-order valence-electron chi connectivity index (χ4n) is 6.18. The van der Waals surface area contributed by atoms with E-state index in [9.17, 15) is 17.6 Å². The molecule has 42 heavy (non-hydrogen) atoms. The molecule has 3 aromatic carbocycles. The van der Waals surface area contributed by atoms with Crippen molar-refractivity contribution in [3.63, 3.8) is 0 Å².